The molecule has 0 aromatic heterocycles. The molecule has 2 aliphatic rings. The van der Waals surface area contributed by atoms with Crippen LogP contribution in [-0.4, -0.2) is 37.1 Å². The molecule has 2 aromatic rings. The maximum atomic E-state index is 13.3. The van der Waals surface area contributed by atoms with E-state index in [9.17, 15) is 9.59 Å². The van der Waals surface area contributed by atoms with Crippen molar-refractivity contribution in [3.63, 3.8) is 0 Å². The molecule has 0 aliphatic carbocycles. The van der Waals surface area contributed by atoms with Gasteiger partial charge in [0, 0.05) is 30.4 Å². The number of amides is 2. The van der Waals surface area contributed by atoms with E-state index in [0.29, 0.717) is 22.9 Å². The van der Waals surface area contributed by atoms with Gasteiger partial charge in [0.05, 0.1) is 12.8 Å². The van der Waals surface area contributed by atoms with Gasteiger partial charge in [-0.15, -0.1) is 0 Å². The number of ether oxygens (including phenoxy) is 1. The zero-order valence-corrected chi connectivity index (χ0v) is 20.1. The van der Waals surface area contributed by atoms with Crippen molar-refractivity contribution >= 4 is 46.6 Å². The third-order valence-corrected chi connectivity index (χ3v) is 6.44. The van der Waals surface area contributed by atoms with Crippen LogP contribution in [0.1, 0.15) is 50.2 Å². The lowest BCUT2D eigenvalue weighted by Gasteiger charge is -2.30. The maximum Gasteiger partial charge on any atom is 0.270 e. The molecule has 2 aromatic carbocycles. The number of hydrogen-bond donors (Lipinski definition) is 1. The van der Waals surface area contributed by atoms with E-state index in [1.807, 2.05) is 42.5 Å². The second kappa shape index (κ2) is 9.75. The van der Waals surface area contributed by atoms with Gasteiger partial charge in [0.15, 0.2) is 5.11 Å². The molecular weight excluding hydrogens is 434 g/mol. The van der Waals surface area contributed by atoms with Gasteiger partial charge in [0.25, 0.3) is 11.8 Å². The predicted molar refractivity (Wildman–Crippen MR) is 136 cm³/mol. The molecule has 1 N–H and O–H groups in total. The van der Waals surface area contributed by atoms with Crippen molar-refractivity contribution in [2.24, 2.45) is 0 Å². The Morgan fingerprint density at radius 2 is 1.67 bits per heavy atom. The fourth-order valence-electron chi connectivity index (χ4n) is 4.22. The van der Waals surface area contributed by atoms with Crippen LogP contribution in [0.4, 0.5) is 11.4 Å². The molecule has 2 amide bonds. The summed E-state index contributed by atoms with van der Waals surface area (Å²) in [6.45, 7) is 6.26. The van der Waals surface area contributed by atoms with Crippen LogP contribution in [0.15, 0.2) is 48.0 Å². The highest BCUT2D eigenvalue weighted by molar-refractivity contribution is 7.80. The van der Waals surface area contributed by atoms with Crippen LogP contribution in [-0.2, 0) is 9.59 Å². The summed E-state index contributed by atoms with van der Waals surface area (Å²) >= 11 is 5.32. The van der Waals surface area contributed by atoms with Crippen LogP contribution in [0, 0.1) is 0 Å². The molecule has 0 bridgehead atoms. The van der Waals surface area contributed by atoms with Crippen LogP contribution in [0.2, 0.25) is 0 Å². The molecule has 0 radical (unpaired) electrons. The van der Waals surface area contributed by atoms with Crippen LogP contribution in [0.25, 0.3) is 6.08 Å². The molecule has 0 atom stereocenters. The predicted octanol–water partition coefficient (Wildman–Crippen LogP) is 4.64. The molecule has 33 heavy (non-hydrogen) atoms. The number of piperidine rings is 1. The number of nitrogens with zero attached hydrogens (tertiary/aromatic N) is 2. The lowest BCUT2D eigenvalue weighted by atomic mass is 10.0. The van der Waals surface area contributed by atoms with Crippen LogP contribution < -0.4 is 19.9 Å². The van der Waals surface area contributed by atoms with E-state index in [1.54, 1.807) is 13.2 Å². The van der Waals surface area contributed by atoms with Gasteiger partial charge in [-0.2, -0.15) is 0 Å². The van der Waals surface area contributed by atoms with E-state index in [-0.39, 0.29) is 10.7 Å². The molecule has 0 spiro atoms. The number of nitrogens with one attached hydrogen (secondary N) is 1. The van der Waals surface area contributed by atoms with Crippen molar-refractivity contribution < 1.29 is 14.3 Å². The molecule has 6 nitrogen and oxygen atoms in total. The van der Waals surface area contributed by atoms with Gasteiger partial charge < -0.3 is 9.64 Å². The zero-order chi connectivity index (χ0) is 23.5. The number of rotatable bonds is 5. The summed E-state index contributed by atoms with van der Waals surface area (Å²) in [6.07, 6.45) is 5.19. The minimum atomic E-state index is -0.512. The van der Waals surface area contributed by atoms with Gasteiger partial charge in [-0.25, -0.2) is 0 Å². The fraction of sp³-hybridized carbons (Fsp3) is 0.346. The first-order valence-electron chi connectivity index (χ1n) is 11.3. The largest absolute Gasteiger partial charge is 0.496 e. The maximum absolute atomic E-state index is 13.3. The lowest BCUT2D eigenvalue weighted by Crippen LogP contribution is -2.54. The summed E-state index contributed by atoms with van der Waals surface area (Å²) in [5, 5.41) is 2.72. The molecule has 2 fully saturated rings. The summed E-state index contributed by atoms with van der Waals surface area (Å²) in [6, 6.07) is 13.5. The second-order valence-corrected chi connectivity index (χ2v) is 9.06. The van der Waals surface area contributed by atoms with E-state index in [4.69, 9.17) is 17.0 Å². The van der Waals surface area contributed by atoms with Gasteiger partial charge in [-0.05, 0) is 73.3 Å². The van der Waals surface area contributed by atoms with E-state index >= 15 is 0 Å². The van der Waals surface area contributed by atoms with E-state index < -0.39 is 11.8 Å². The smallest absolute Gasteiger partial charge is 0.270 e. The van der Waals surface area contributed by atoms with Crippen molar-refractivity contribution in [3.8, 4) is 5.75 Å². The Labute approximate surface area is 200 Å². The monoisotopic (exact) mass is 463 g/mol. The summed E-state index contributed by atoms with van der Waals surface area (Å²) in [4.78, 5) is 29.7. The topological polar surface area (TPSA) is 61.9 Å². The van der Waals surface area contributed by atoms with Gasteiger partial charge in [-0.1, -0.05) is 26.0 Å². The molecule has 7 heteroatoms. The summed E-state index contributed by atoms with van der Waals surface area (Å²) in [5.74, 6) is 0.0242. The zero-order valence-electron chi connectivity index (χ0n) is 19.3. The minimum Gasteiger partial charge on any atom is -0.496 e. The highest BCUT2D eigenvalue weighted by Gasteiger charge is 2.34. The van der Waals surface area contributed by atoms with E-state index in [0.717, 1.165) is 24.3 Å². The van der Waals surface area contributed by atoms with Crippen molar-refractivity contribution in [3.05, 3.63) is 59.2 Å². The van der Waals surface area contributed by atoms with Crippen molar-refractivity contribution in [1.29, 1.82) is 0 Å². The second-order valence-electron chi connectivity index (χ2n) is 8.68. The molecule has 2 saturated heterocycles. The third kappa shape index (κ3) is 4.78. The van der Waals surface area contributed by atoms with Crippen LogP contribution in [0.3, 0.4) is 0 Å². The van der Waals surface area contributed by atoms with Crippen molar-refractivity contribution in [1.82, 2.24) is 5.32 Å². The number of carbonyl (C=O) groups is 2. The number of anilines is 2. The Kier molecular flexibility index (Phi) is 6.79. The highest BCUT2D eigenvalue weighted by atomic mass is 32.1. The third-order valence-electron chi connectivity index (χ3n) is 6.16. The van der Waals surface area contributed by atoms with E-state index in [1.165, 1.54) is 24.2 Å². The molecule has 2 aliphatic heterocycles. The summed E-state index contributed by atoms with van der Waals surface area (Å²) in [5.41, 5.74) is 3.54. The standard InChI is InChI=1S/C26H29N3O3S/c1-17(2)18-7-10-20(11-8-18)29-25(31)22(24(30)27-26(29)33)15-19-9-12-21(16-23(19)32-3)28-13-5-4-6-14-28/h7-12,15-17H,4-6,13-14H2,1-3H3,(H,27,30,33)/b22-15+. The van der Waals surface area contributed by atoms with Gasteiger partial charge >= 0.3 is 0 Å². The molecule has 0 unspecified atom stereocenters. The molecule has 4 rings (SSSR count). The Hall–Kier alpha value is -3.19. The first kappa shape index (κ1) is 23.0. The first-order valence-corrected chi connectivity index (χ1v) is 11.7. The number of benzene rings is 2. The molecule has 2 heterocycles. The van der Waals surface area contributed by atoms with E-state index in [2.05, 4.69) is 24.1 Å². The van der Waals surface area contributed by atoms with Crippen LogP contribution in [0.5, 0.6) is 5.75 Å². The average Bonchev–Trinajstić information content (AvgIpc) is 2.82. The first-order chi connectivity index (χ1) is 15.9. The number of thiocarbonyl (C=S) groups is 1. The van der Waals surface area contributed by atoms with Gasteiger partial charge in [-0.3, -0.25) is 19.8 Å². The number of carbonyl (C=O) groups excluding carboxylic acids is 2. The summed E-state index contributed by atoms with van der Waals surface area (Å²) in [7, 11) is 1.60. The summed E-state index contributed by atoms with van der Waals surface area (Å²) < 4.78 is 5.60. The molecular formula is C26H29N3O3S. The normalized spacial score (nSPS) is 18.2. The Bertz CT molecular complexity index is 1100. The van der Waals surface area contributed by atoms with Gasteiger partial charge in [0.2, 0.25) is 0 Å². The molecule has 0 saturated carbocycles. The average molecular weight is 464 g/mol. The van der Waals surface area contributed by atoms with Crippen molar-refractivity contribution in [2.45, 2.75) is 39.0 Å². The van der Waals surface area contributed by atoms with Crippen LogP contribution >= 0.6 is 12.2 Å². The SMILES string of the molecule is COc1cc(N2CCCCC2)ccc1/C=C1\C(=O)NC(=S)N(c2ccc(C(C)C)cc2)C1=O. The number of hydrogen-bond acceptors (Lipinski definition) is 5. The quantitative estimate of drug-likeness (QED) is 0.398. The lowest BCUT2D eigenvalue weighted by molar-refractivity contribution is -0.122. The Morgan fingerprint density at radius 3 is 2.30 bits per heavy atom. The molecule has 172 valence electrons. The Balaban J connectivity index is 1.65. The minimum absolute atomic E-state index is 0.0144. The Morgan fingerprint density at radius 1 is 1.00 bits per heavy atom. The highest BCUT2D eigenvalue weighted by Crippen LogP contribution is 2.31. The van der Waals surface area contributed by atoms with Gasteiger partial charge in [0.1, 0.15) is 11.3 Å². The fourth-order valence-corrected chi connectivity index (χ4v) is 4.50. The number of methoxy groups -OCH3 is 1. The van der Waals surface area contributed by atoms with Crippen molar-refractivity contribution in [2.75, 3.05) is 30.0 Å².